The molecule has 0 spiro atoms. The number of nitrogens with zero attached hydrogens (tertiary/aromatic N) is 2. The number of piperidine rings is 1. The maximum Gasteiger partial charge on any atom is 0.219 e. The van der Waals surface area contributed by atoms with Gasteiger partial charge in [0, 0.05) is 44.6 Å². The normalized spacial score (nSPS) is 38.9. The van der Waals surface area contributed by atoms with E-state index < -0.39 is 0 Å². The SMILES string of the molecule is CC(=O)N(C[C@H]1CN(Cc2ccccc2)CC[C@H]1O)C12CC3CC(CC(C3)C1)C2. The molecule has 1 heterocycles. The highest BCUT2D eigenvalue weighted by atomic mass is 16.3. The number of hydrogen-bond donors (Lipinski definition) is 1. The molecule has 6 rings (SSSR count). The number of aliphatic hydroxyl groups is 1. The third kappa shape index (κ3) is 3.86. The van der Waals surface area contributed by atoms with Gasteiger partial charge in [-0.1, -0.05) is 30.3 Å². The lowest BCUT2D eigenvalue weighted by atomic mass is 9.52. The first kappa shape index (κ1) is 19.6. The van der Waals surface area contributed by atoms with Crippen LogP contribution in [0.15, 0.2) is 30.3 Å². The summed E-state index contributed by atoms with van der Waals surface area (Å²) >= 11 is 0. The number of rotatable bonds is 5. The number of benzene rings is 1. The lowest BCUT2D eigenvalue weighted by Crippen LogP contribution is -2.63. The highest BCUT2D eigenvalue weighted by molar-refractivity contribution is 5.74. The minimum absolute atomic E-state index is 0.0853. The van der Waals surface area contributed by atoms with E-state index in [9.17, 15) is 9.90 Å². The summed E-state index contributed by atoms with van der Waals surface area (Å²) in [5.74, 6) is 2.86. The lowest BCUT2D eigenvalue weighted by molar-refractivity contribution is -0.152. The predicted octanol–water partition coefficient (Wildman–Crippen LogP) is 3.69. The van der Waals surface area contributed by atoms with Gasteiger partial charge in [0.2, 0.25) is 5.91 Å². The van der Waals surface area contributed by atoms with Crippen molar-refractivity contribution < 1.29 is 9.90 Å². The van der Waals surface area contributed by atoms with Crippen molar-refractivity contribution in [3.8, 4) is 0 Å². The fourth-order valence-corrected chi connectivity index (χ4v) is 7.55. The van der Waals surface area contributed by atoms with Crippen LogP contribution in [-0.4, -0.2) is 52.1 Å². The molecule has 1 amide bonds. The van der Waals surface area contributed by atoms with Gasteiger partial charge in [-0.05, 0) is 68.3 Å². The molecule has 4 nitrogen and oxygen atoms in total. The Morgan fingerprint density at radius 2 is 1.72 bits per heavy atom. The van der Waals surface area contributed by atoms with Crippen molar-refractivity contribution in [2.24, 2.45) is 23.7 Å². The molecule has 0 radical (unpaired) electrons. The second-order valence-electron chi connectivity index (χ2n) is 10.6. The number of amides is 1. The quantitative estimate of drug-likeness (QED) is 0.826. The van der Waals surface area contributed by atoms with Crippen LogP contribution >= 0.6 is 0 Å². The van der Waals surface area contributed by atoms with Crippen molar-refractivity contribution in [3.05, 3.63) is 35.9 Å². The number of aliphatic hydroxyl groups excluding tert-OH is 1. The van der Waals surface area contributed by atoms with Gasteiger partial charge in [0.05, 0.1) is 6.10 Å². The molecule has 5 fully saturated rings. The molecule has 4 bridgehead atoms. The van der Waals surface area contributed by atoms with Gasteiger partial charge in [-0.25, -0.2) is 0 Å². The molecule has 1 N–H and O–H groups in total. The van der Waals surface area contributed by atoms with E-state index >= 15 is 0 Å². The Bertz CT molecular complexity index is 698. The summed E-state index contributed by atoms with van der Waals surface area (Å²) in [5.41, 5.74) is 1.41. The first-order valence-electron chi connectivity index (χ1n) is 11.7. The zero-order chi connectivity index (χ0) is 20.0. The van der Waals surface area contributed by atoms with E-state index in [1.54, 1.807) is 6.92 Å². The van der Waals surface area contributed by atoms with Gasteiger partial charge in [-0.3, -0.25) is 9.69 Å². The van der Waals surface area contributed by atoms with E-state index in [2.05, 4.69) is 40.1 Å². The van der Waals surface area contributed by atoms with Crippen molar-refractivity contribution in [2.45, 2.75) is 70.1 Å². The van der Waals surface area contributed by atoms with Crippen LogP contribution in [0.5, 0.6) is 0 Å². The van der Waals surface area contributed by atoms with Crippen LogP contribution in [0.1, 0.15) is 57.4 Å². The highest BCUT2D eigenvalue weighted by Gasteiger charge is 2.54. The van der Waals surface area contributed by atoms with Crippen molar-refractivity contribution in [3.63, 3.8) is 0 Å². The Morgan fingerprint density at radius 1 is 1.10 bits per heavy atom. The van der Waals surface area contributed by atoms with E-state index in [0.717, 1.165) is 50.4 Å². The monoisotopic (exact) mass is 396 g/mol. The van der Waals surface area contributed by atoms with Crippen LogP contribution in [0, 0.1) is 23.7 Å². The Hall–Kier alpha value is -1.39. The average molecular weight is 397 g/mol. The van der Waals surface area contributed by atoms with Gasteiger partial charge in [0.25, 0.3) is 0 Å². The van der Waals surface area contributed by atoms with Crippen molar-refractivity contribution in [1.82, 2.24) is 9.80 Å². The second kappa shape index (κ2) is 7.70. The summed E-state index contributed by atoms with van der Waals surface area (Å²) in [6.45, 7) is 5.24. The number of likely N-dealkylation sites (tertiary alicyclic amines) is 1. The Balaban J connectivity index is 1.30. The second-order valence-corrected chi connectivity index (χ2v) is 10.6. The summed E-state index contributed by atoms with van der Waals surface area (Å²) in [6.07, 6.45) is 8.30. The molecule has 0 unspecified atom stereocenters. The highest BCUT2D eigenvalue weighted by Crippen LogP contribution is 2.58. The largest absolute Gasteiger partial charge is 0.393 e. The number of carbonyl (C=O) groups is 1. The van der Waals surface area contributed by atoms with Crippen LogP contribution in [-0.2, 0) is 11.3 Å². The van der Waals surface area contributed by atoms with E-state index in [1.807, 2.05) is 0 Å². The lowest BCUT2D eigenvalue weighted by Gasteiger charge is -2.61. The van der Waals surface area contributed by atoms with Gasteiger partial charge in [0.1, 0.15) is 0 Å². The molecule has 4 saturated carbocycles. The summed E-state index contributed by atoms with van der Waals surface area (Å²) in [5, 5.41) is 10.8. The van der Waals surface area contributed by atoms with Crippen molar-refractivity contribution in [2.75, 3.05) is 19.6 Å². The third-order valence-electron chi connectivity index (χ3n) is 8.40. The molecule has 0 aromatic heterocycles. The standard InChI is InChI=1S/C25H36N2O2/c1-18(28)27(25-12-20-9-21(13-25)11-22(10-20)14-25)17-23-16-26(8-7-24(23)29)15-19-5-3-2-4-6-19/h2-6,20-24,29H,7-17H2,1H3/t20?,21?,22?,23-,24-,25?/m1/s1. The number of carbonyl (C=O) groups excluding carboxylic acids is 1. The first-order chi connectivity index (χ1) is 14.0. The van der Waals surface area contributed by atoms with Crippen LogP contribution in [0.3, 0.4) is 0 Å². The first-order valence-corrected chi connectivity index (χ1v) is 11.7. The molecule has 2 atom stereocenters. The maximum atomic E-state index is 12.8. The predicted molar refractivity (Wildman–Crippen MR) is 114 cm³/mol. The molecule has 1 aliphatic heterocycles. The molecule has 1 aromatic carbocycles. The maximum absolute atomic E-state index is 12.8. The Morgan fingerprint density at radius 3 is 2.31 bits per heavy atom. The van der Waals surface area contributed by atoms with Crippen LogP contribution in [0.2, 0.25) is 0 Å². The molecular formula is C25H36N2O2. The van der Waals surface area contributed by atoms with Crippen LogP contribution in [0.25, 0.3) is 0 Å². The van der Waals surface area contributed by atoms with Gasteiger partial charge in [-0.2, -0.15) is 0 Å². The third-order valence-corrected chi connectivity index (χ3v) is 8.40. The van der Waals surface area contributed by atoms with Gasteiger partial charge >= 0.3 is 0 Å². The molecule has 4 heteroatoms. The van der Waals surface area contributed by atoms with E-state index in [0.29, 0.717) is 0 Å². The average Bonchev–Trinajstić information content (AvgIpc) is 2.67. The molecular weight excluding hydrogens is 360 g/mol. The van der Waals surface area contributed by atoms with E-state index in [1.165, 1.54) is 44.1 Å². The van der Waals surface area contributed by atoms with E-state index in [4.69, 9.17) is 0 Å². The molecule has 1 saturated heterocycles. The Kier molecular flexibility index (Phi) is 5.19. The fraction of sp³-hybridized carbons (Fsp3) is 0.720. The molecule has 5 aliphatic rings. The molecule has 1 aromatic rings. The van der Waals surface area contributed by atoms with Gasteiger partial charge < -0.3 is 10.0 Å². The summed E-state index contributed by atoms with van der Waals surface area (Å²) in [6, 6.07) is 10.6. The van der Waals surface area contributed by atoms with Gasteiger partial charge in [0.15, 0.2) is 0 Å². The number of hydrogen-bond acceptors (Lipinski definition) is 3. The van der Waals surface area contributed by atoms with Crippen molar-refractivity contribution in [1.29, 1.82) is 0 Å². The smallest absolute Gasteiger partial charge is 0.219 e. The summed E-state index contributed by atoms with van der Waals surface area (Å²) < 4.78 is 0. The zero-order valence-electron chi connectivity index (χ0n) is 17.8. The molecule has 158 valence electrons. The van der Waals surface area contributed by atoms with Crippen LogP contribution < -0.4 is 0 Å². The minimum Gasteiger partial charge on any atom is -0.393 e. The zero-order valence-corrected chi connectivity index (χ0v) is 17.8. The Labute approximate surface area is 175 Å². The minimum atomic E-state index is -0.294. The molecule has 4 aliphatic carbocycles. The summed E-state index contributed by atoms with van der Waals surface area (Å²) in [4.78, 5) is 17.5. The fourth-order valence-electron chi connectivity index (χ4n) is 7.55. The van der Waals surface area contributed by atoms with Crippen molar-refractivity contribution >= 4 is 5.91 Å². The molecule has 29 heavy (non-hydrogen) atoms. The summed E-state index contributed by atoms with van der Waals surface area (Å²) in [7, 11) is 0. The van der Waals surface area contributed by atoms with E-state index in [-0.39, 0.29) is 23.5 Å². The van der Waals surface area contributed by atoms with Crippen LogP contribution in [0.4, 0.5) is 0 Å². The topological polar surface area (TPSA) is 43.8 Å². The van der Waals surface area contributed by atoms with Gasteiger partial charge in [-0.15, -0.1) is 0 Å².